The average Bonchev–Trinajstić information content (AvgIpc) is 1.98. The SMILES string of the molecule is CCC(=O)C(C)NCC(N)=O. The Labute approximate surface area is 66.1 Å². The number of nitrogens with one attached hydrogen (secondary N) is 1. The van der Waals surface area contributed by atoms with Crippen LogP contribution in [-0.2, 0) is 9.59 Å². The minimum Gasteiger partial charge on any atom is -0.369 e. The van der Waals surface area contributed by atoms with Gasteiger partial charge in [0, 0.05) is 6.42 Å². The summed E-state index contributed by atoms with van der Waals surface area (Å²) < 4.78 is 0. The Bertz CT molecular complexity index is 157. The summed E-state index contributed by atoms with van der Waals surface area (Å²) in [4.78, 5) is 21.2. The molecule has 1 atom stereocenters. The van der Waals surface area contributed by atoms with Crippen LogP contribution in [0.3, 0.4) is 0 Å². The number of carbonyl (C=O) groups is 2. The summed E-state index contributed by atoms with van der Waals surface area (Å²) in [5.74, 6) is -0.355. The summed E-state index contributed by atoms with van der Waals surface area (Å²) >= 11 is 0. The molecular formula is C7H14N2O2. The standard InChI is InChI=1S/C7H14N2O2/c1-3-6(10)5(2)9-4-7(8)11/h5,9H,3-4H2,1-2H3,(H2,8,11). The molecule has 0 heterocycles. The number of nitrogens with two attached hydrogens (primary N) is 1. The summed E-state index contributed by atoms with van der Waals surface area (Å²) in [5, 5.41) is 2.71. The van der Waals surface area contributed by atoms with E-state index in [4.69, 9.17) is 5.73 Å². The van der Waals surface area contributed by atoms with Gasteiger partial charge < -0.3 is 5.73 Å². The Kier molecular flexibility index (Phi) is 4.45. The molecule has 0 aromatic heterocycles. The predicted octanol–water partition coefficient (Wildman–Crippen LogP) is -0.571. The maximum absolute atomic E-state index is 10.9. The average molecular weight is 158 g/mol. The van der Waals surface area contributed by atoms with E-state index in [0.29, 0.717) is 6.42 Å². The molecule has 0 spiro atoms. The summed E-state index contributed by atoms with van der Waals surface area (Å²) in [6.45, 7) is 3.56. The molecule has 0 bridgehead atoms. The smallest absolute Gasteiger partial charge is 0.231 e. The lowest BCUT2D eigenvalue weighted by Gasteiger charge is -2.08. The minimum atomic E-state index is -0.444. The Balaban J connectivity index is 3.60. The zero-order chi connectivity index (χ0) is 8.85. The van der Waals surface area contributed by atoms with E-state index in [1.807, 2.05) is 0 Å². The van der Waals surface area contributed by atoms with Crippen molar-refractivity contribution in [2.45, 2.75) is 26.3 Å². The first kappa shape index (κ1) is 10.1. The van der Waals surface area contributed by atoms with Crippen LogP contribution in [0.4, 0.5) is 0 Å². The first-order valence-electron chi connectivity index (χ1n) is 3.62. The quantitative estimate of drug-likeness (QED) is 0.562. The summed E-state index contributed by atoms with van der Waals surface area (Å²) in [7, 11) is 0. The molecule has 3 N–H and O–H groups in total. The van der Waals surface area contributed by atoms with Gasteiger partial charge in [-0.15, -0.1) is 0 Å². The highest BCUT2D eigenvalue weighted by atomic mass is 16.1. The van der Waals surface area contributed by atoms with Gasteiger partial charge in [-0.05, 0) is 6.92 Å². The fraction of sp³-hybridized carbons (Fsp3) is 0.714. The van der Waals surface area contributed by atoms with Crippen LogP contribution in [0.25, 0.3) is 0 Å². The third-order valence-electron chi connectivity index (χ3n) is 1.41. The number of primary amides is 1. The number of ketones is 1. The molecule has 0 saturated carbocycles. The van der Waals surface area contributed by atoms with Gasteiger partial charge in [-0.3, -0.25) is 14.9 Å². The Morgan fingerprint density at radius 3 is 2.45 bits per heavy atom. The van der Waals surface area contributed by atoms with Crippen molar-refractivity contribution in [3.63, 3.8) is 0 Å². The first-order valence-corrected chi connectivity index (χ1v) is 3.62. The molecular weight excluding hydrogens is 144 g/mol. The lowest BCUT2D eigenvalue weighted by molar-refractivity contribution is -0.121. The van der Waals surface area contributed by atoms with E-state index in [0.717, 1.165) is 0 Å². The van der Waals surface area contributed by atoms with Crippen LogP contribution in [0, 0.1) is 0 Å². The number of Topliss-reactive ketones (excluding diaryl/α,β-unsaturated/α-hetero) is 1. The molecule has 0 saturated heterocycles. The van der Waals surface area contributed by atoms with Gasteiger partial charge in [-0.1, -0.05) is 6.92 Å². The number of rotatable bonds is 5. The molecule has 64 valence electrons. The van der Waals surface area contributed by atoms with Crippen LogP contribution in [0.1, 0.15) is 20.3 Å². The molecule has 0 radical (unpaired) electrons. The van der Waals surface area contributed by atoms with E-state index in [-0.39, 0.29) is 18.4 Å². The van der Waals surface area contributed by atoms with Gasteiger partial charge in [-0.25, -0.2) is 0 Å². The monoisotopic (exact) mass is 158 g/mol. The van der Waals surface area contributed by atoms with E-state index < -0.39 is 5.91 Å². The van der Waals surface area contributed by atoms with Crippen LogP contribution in [0.5, 0.6) is 0 Å². The predicted molar refractivity (Wildman–Crippen MR) is 42.0 cm³/mol. The Hall–Kier alpha value is -0.900. The number of carbonyl (C=O) groups excluding carboxylic acids is 2. The highest BCUT2D eigenvalue weighted by molar-refractivity contribution is 5.84. The normalized spacial score (nSPS) is 12.5. The molecule has 0 rings (SSSR count). The molecule has 1 unspecified atom stereocenters. The number of hydrogen-bond acceptors (Lipinski definition) is 3. The van der Waals surface area contributed by atoms with Crippen molar-refractivity contribution in [1.29, 1.82) is 0 Å². The van der Waals surface area contributed by atoms with Gasteiger partial charge in [0.05, 0.1) is 12.6 Å². The molecule has 1 amide bonds. The third-order valence-corrected chi connectivity index (χ3v) is 1.41. The Morgan fingerprint density at radius 1 is 1.55 bits per heavy atom. The fourth-order valence-corrected chi connectivity index (χ4v) is 0.674. The van der Waals surface area contributed by atoms with E-state index in [1.54, 1.807) is 13.8 Å². The highest BCUT2D eigenvalue weighted by Crippen LogP contribution is 1.88. The molecule has 11 heavy (non-hydrogen) atoms. The second-order valence-corrected chi connectivity index (χ2v) is 2.39. The second kappa shape index (κ2) is 4.85. The van der Waals surface area contributed by atoms with Crippen molar-refractivity contribution in [2.24, 2.45) is 5.73 Å². The fourth-order valence-electron chi connectivity index (χ4n) is 0.674. The maximum Gasteiger partial charge on any atom is 0.231 e. The second-order valence-electron chi connectivity index (χ2n) is 2.39. The van der Waals surface area contributed by atoms with E-state index >= 15 is 0 Å². The Morgan fingerprint density at radius 2 is 2.09 bits per heavy atom. The first-order chi connectivity index (χ1) is 5.07. The summed E-state index contributed by atoms with van der Waals surface area (Å²) in [5.41, 5.74) is 4.87. The van der Waals surface area contributed by atoms with Crippen LogP contribution < -0.4 is 11.1 Å². The topological polar surface area (TPSA) is 72.2 Å². The molecule has 0 aromatic rings. The lowest BCUT2D eigenvalue weighted by atomic mass is 10.2. The third kappa shape index (κ3) is 4.50. The van der Waals surface area contributed by atoms with Crippen LogP contribution in [-0.4, -0.2) is 24.3 Å². The minimum absolute atomic E-state index is 0.0624. The van der Waals surface area contributed by atoms with E-state index in [2.05, 4.69) is 5.32 Å². The van der Waals surface area contributed by atoms with Crippen molar-refractivity contribution in [3.05, 3.63) is 0 Å². The van der Waals surface area contributed by atoms with Gasteiger partial charge in [0.2, 0.25) is 5.91 Å². The van der Waals surface area contributed by atoms with Crippen LogP contribution in [0.2, 0.25) is 0 Å². The number of amides is 1. The molecule has 0 aliphatic carbocycles. The molecule has 4 nitrogen and oxygen atoms in total. The zero-order valence-electron chi connectivity index (χ0n) is 6.89. The van der Waals surface area contributed by atoms with Crippen LogP contribution in [0.15, 0.2) is 0 Å². The van der Waals surface area contributed by atoms with Gasteiger partial charge in [0.15, 0.2) is 0 Å². The van der Waals surface area contributed by atoms with Crippen molar-refractivity contribution >= 4 is 11.7 Å². The largest absolute Gasteiger partial charge is 0.369 e. The highest BCUT2D eigenvalue weighted by Gasteiger charge is 2.09. The van der Waals surface area contributed by atoms with E-state index in [1.165, 1.54) is 0 Å². The zero-order valence-corrected chi connectivity index (χ0v) is 6.89. The van der Waals surface area contributed by atoms with Crippen molar-refractivity contribution in [2.75, 3.05) is 6.54 Å². The molecule has 0 aliphatic rings. The number of hydrogen-bond donors (Lipinski definition) is 2. The van der Waals surface area contributed by atoms with Gasteiger partial charge in [-0.2, -0.15) is 0 Å². The molecule has 0 fully saturated rings. The van der Waals surface area contributed by atoms with Gasteiger partial charge in [0.25, 0.3) is 0 Å². The summed E-state index contributed by atoms with van der Waals surface area (Å²) in [6.07, 6.45) is 0.479. The van der Waals surface area contributed by atoms with Crippen LogP contribution >= 0.6 is 0 Å². The molecule has 0 aliphatic heterocycles. The molecule has 4 heteroatoms. The molecule has 0 aromatic carbocycles. The van der Waals surface area contributed by atoms with Crippen molar-refractivity contribution < 1.29 is 9.59 Å². The lowest BCUT2D eigenvalue weighted by Crippen LogP contribution is -2.39. The van der Waals surface area contributed by atoms with Crippen molar-refractivity contribution in [1.82, 2.24) is 5.32 Å². The van der Waals surface area contributed by atoms with Crippen molar-refractivity contribution in [3.8, 4) is 0 Å². The summed E-state index contributed by atoms with van der Waals surface area (Å²) in [6, 6.07) is -0.271. The van der Waals surface area contributed by atoms with Gasteiger partial charge in [0.1, 0.15) is 5.78 Å². The van der Waals surface area contributed by atoms with E-state index in [9.17, 15) is 9.59 Å². The maximum atomic E-state index is 10.9. The van der Waals surface area contributed by atoms with Gasteiger partial charge >= 0.3 is 0 Å².